The lowest BCUT2D eigenvalue weighted by Gasteiger charge is -2.10. The molecule has 0 atom stereocenters. The molecule has 0 radical (unpaired) electrons. The van der Waals surface area contributed by atoms with Crippen molar-refractivity contribution in [3.63, 3.8) is 0 Å². The monoisotopic (exact) mass is 319 g/mol. The third kappa shape index (κ3) is 4.10. The first kappa shape index (κ1) is 16.5. The summed E-state index contributed by atoms with van der Waals surface area (Å²) in [6.45, 7) is 8.60. The molecule has 0 aliphatic rings. The van der Waals surface area contributed by atoms with Crippen LogP contribution in [0.5, 0.6) is 0 Å². The highest BCUT2D eigenvalue weighted by molar-refractivity contribution is 7.98. The van der Waals surface area contributed by atoms with E-state index in [1.807, 2.05) is 13.8 Å². The molecule has 5 nitrogen and oxygen atoms in total. The number of carbonyl (C=O) groups is 1. The highest BCUT2D eigenvalue weighted by Gasteiger charge is 2.15. The Balaban J connectivity index is 2.10. The van der Waals surface area contributed by atoms with E-state index in [0.29, 0.717) is 23.8 Å². The molecular weight excluding hydrogens is 298 g/mol. The first-order chi connectivity index (χ1) is 10.5. The van der Waals surface area contributed by atoms with Crippen molar-refractivity contribution < 1.29 is 9.32 Å². The summed E-state index contributed by atoms with van der Waals surface area (Å²) in [5.74, 6) is 1.83. The van der Waals surface area contributed by atoms with Crippen LogP contribution >= 0.6 is 11.8 Å². The van der Waals surface area contributed by atoms with Gasteiger partial charge in [0, 0.05) is 24.1 Å². The van der Waals surface area contributed by atoms with Gasteiger partial charge in [-0.3, -0.25) is 4.79 Å². The molecule has 0 unspecified atom stereocenters. The minimum atomic E-state index is -0.0805. The molecule has 1 amide bonds. The average Bonchev–Trinajstić information content (AvgIpc) is 2.82. The largest absolute Gasteiger partial charge is 0.361 e. The molecule has 0 fully saturated rings. The van der Waals surface area contributed by atoms with Crippen LogP contribution in [0.15, 0.2) is 27.9 Å². The zero-order valence-corrected chi connectivity index (χ0v) is 14.2. The molecule has 0 aromatic carbocycles. The fraction of sp³-hybridized carbons (Fsp3) is 0.438. The fourth-order valence-corrected chi connectivity index (χ4v) is 3.06. The van der Waals surface area contributed by atoms with Gasteiger partial charge >= 0.3 is 0 Å². The average molecular weight is 319 g/mol. The molecule has 118 valence electrons. The number of rotatable bonds is 6. The van der Waals surface area contributed by atoms with Gasteiger partial charge in [0.2, 0.25) is 0 Å². The van der Waals surface area contributed by atoms with Crippen molar-refractivity contribution in [3.05, 3.63) is 40.9 Å². The van der Waals surface area contributed by atoms with Crippen LogP contribution in [0.25, 0.3) is 0 Å². The number of aromatic nitrogens is 2. The number of aryl methyl sites for hydroxylation is 2. The fourth-order valence-electron chi connectivity index (χ4n) is 1.92. The number of amides is 1. The Hall–Kier alpha value is -1.82. The van der Waals surface area contributed by atoms with E-state index in [0.717, 1.165) is 22.0 Å². The van der Waals surface area contributed by atoms with Crippen LogP contribution in [-0.2, 0) is 5.75 Å². The number of pyridine rings is 1. The molecule has 0 saturated carbocycles. The predicted octanol–water partition coefficient (Wildman–Crippen LogP) is 3.36. The summed E-state index contributed by atoms with van der Waals surface area (Å²) in [6, 6.07) is 3.59. The van der Waals surface area contributed by atoms with E-state index in [1.165, 1.54) is 11.8 Å². The van der Waals surface area contributed by atoms with Gasteiger partial charge in [0.15, 0.2) is 0 Å². The molecule has 1 N–H and O–H groups in total. The molecule has 0 saturated heterocycles. The van der Waals surface area contributed by atoms with Crippen LogP contribution in [0, 0.1) is 19.8 Å². The first-order valence-electron chi connectivity index (χ1n) is 7.26. The number of hydrogen-bond donors (Lipinski definition) is 1. The van der Waals surface area contributed by atoms with Gasteiger partial charge in [-0.2, -0.15) is 0 Å². The normalized spacial score (nSPS) is 11.0. The summed E-state index contributed by atoms with van der Waals surface area (Å²) in [7, 11) is 0. The summed E-state index contributed by atoms with van der Waals surface area (Å²) in [6.07, 6.45) is 1.70. The molecule has 0 spiro atoms. The van der Waals surface area contributed by atoms with E-state index >= 15 is 0 Å². The van der Waals surface area contributed by atoms with Gasteiger partial charge in [-0.1, -0.05) is 19.0 Å². The Labute approximate surface area is 134 Å². The Bertz CT molecular complexity index is 633. The lowest BCUT2D eigenvalue weighted by atomic mass is 10.2. The zero-order chi connectivity index (χ0) is 16.1. The Morgan fingerprint density at radius 2 is 2.18 bits per heavy atom. The number of carbonyl (C=O) groups excluding carboxylic acids is 1. The molecule has 22 heavy (non-hydrogen) atoms. The van der Waals surface area contributed by atoms with Crippen molar-refractivity contribution in [2.45, 2.75) is 38.5 Å². The third-order valence-corrected chi connectivity index (χ3v) is 4.25. The highest BCUT2D eigenvalue weighted by Crippen LogP contribution is 2.27. The first-order valence-corrected chi connectivity index (χ1v) is 8.25. The number of thioether (sulfide) groups is 1. The standard InChI is InChI=1S/C16H21N3O2S/c1-10(2)8-18-15(20)13-6-5-7-17-16(13)22-9-14-11(3)19-21-12(14)4/h5-7,10H,8-9H2,1-4H3,(H,18,20). The van der Waals surface area contributed by atoms with Gasteiger partial charge in [0.05, 0.1) is 11.3 Å². The van der Waals surface area contributed by atoms with E-state index in [4.69, 9.17) is 4.52 Å². The quantitative estimate of drug-likeness (QED) is 0.827. The number of nitrogens with zero attached hydrogens (tertiary/aromatic N) is 2. The van der Waals surface area contributed by atoms with Crippen molar-refractivity contribution in [3.8, 4) is 0 Å². The van der Waals surface area contributed by atoms with Crippen LogP contribution in [0.1, 0.15) is 41.2 Å². The van der Waals surface area contributed by atoms with Crippen molar-refractivity contribution in [2.75, 3.05) is 6.54 Å². The molecule has 2 aromatic rings. The van der Waals surface area contributed by atoms with Crippen LogP contribution in [-0.4, -0.2) is 22.6 Å². The van der Waals surface area contributed by atoms with Crippen molar-refractivity contribution in [1.82, 2.24) is 15.5 Å². The van der Waals surface area contributed by atoms with Gasteiger partial charge < -0.3 is 9.84 Å². The molecular formula is C16H21N3O2S. The highest BCUT2D eigenvalue weighted by atomic mass is 32.2. The van der Waals surface area contributed by atoms with Crippen LogP contribution < -0.4 is 5.32 Å². The van der Waals surface area contributed by atoms with E-state index in [-0.39, 0.29) is 5.91 Å². The smallest absolute Gasteiger partial charge is 0.254 e. The molecule has 2 aromatic heterocycles. The van der Waals surface area contributed by atoms with Gasteiger partial charge in [-0.05, 0) is 31.9 Å². The topological polar surface area (TPSA) is 68.0 Å². The Morgan fingerprint density at radius 1 is 1.41 bits per heavy atom. The second-order valence-corrected chi connectivity index (χ2v) is 6.52. The minimum absolute atomic E-state index is 0.0805. The third-order valence-electron chi connectivity index (χ3n) is 3.22. The second kappa shape index (κ2) is 7.45. The van der Waals surface area contributed by atoms with Gasteiger partial charge in [-0.25, -0.2) is 4.98 Å². The molecule has 0 bridgehead atoms. The van der Waals surface area contributed by atoms with Gasteiger partial charge in [0.25, 0.3) is 5.91 Å². The lowest BCUT2D eigenvalue weighted by molar-refractivity contribution is 0.0945. The summed E-state index contributed by atoms with van der Waals surface area (Å²) in [5, 5.41) is 7.60. The maximum Gasteiger partial charge on any atom is 0.254 e. The lowest BCUT2D eigenvalue weighted by Crippen LogP contribution is -2.27. The Kier molecular flexibility index (Phi) is 5.60. The maximum absolute atomic E-state index is 12.3. The number of nitrogens with one attached hydrogen (secondary N) is 1. The van der Waals surface area contributed by atoms with Crippen LogP contribution in [0.3, 0.4) is 0 Å². The Morgan fingerprint density at radius 3 is 2.82 bits per heavy atom. The summed E-state index contributed by atoms with van der Waals surface area (Å²) in [4.78, 5) is 16.6. The zero-order valence-electron chi connectivity index (χ0n) is 13.3. The molecule has 0 aliphatic heterocycles. The summed E-state index contributed by atoms with van der Waals surface area (Å²) in [5.41, 5.74) is 2.55. The molecule has 2 rings (SSSR count). The SMILES string of the molecule is Cc1noc(C)c1CSc1ncccc1C(=O)NCC(C)C. The maximum atomic E-state index is 12.3. The van der Waals surface area contributed by atoms with Gasteiger partial charge in [0.1, 0.15) is 10.8 Å². The van der Waals surface area contributed by atoms with E-state index in [1.54, 1.807) is 18.3 Å². The molecule has 2 heterocycles. The van der Waals surface area contributed by atoms with Crippen molar-refractivity contribution in [1.29, 1.82) is 0 Å². The van der Waals surface area contributed by atoms with E-state index in [9.17, 15) is 4.79 Å². The predicted molar refractivity (Wildman–Crippen MR) is 86.9 cm³/mol. The van der Waals surface area contributed by atoms with Crippen molar-refractivity contribution >= 4 is 17.7 Å². The molecule has 0 aliphatic carbocycles. The van der Waals surface area contributed by atoms with E-state index < -0.39 is 0 Å². The number of hydrogen-bond acceptors (Lipinski definition) is 5. The summed E-state index contributed by atoms with van der Waals surface area (Å²) >= 11 is 1.52. The summed E-state index contributed by atoms with van der Waals surface area (Å²) < 4.78 is 5.16. The second-order valence-electron chi connectivity index (χ2n) is 5.55. The van der Waals surface area contributed by atoms with E-state index in [2.05, 4.69) is 29.3 Å². The van der Waals surface area contributed by atoms with Crippen molar-refractivity contribution in [2.24, 2.45) is 5.92 Å². The van der Waals surface area contributed by atoms with Crippen LogP contribution in [0.2, 0.25) is 0 Å². The minimum Gasteiger partial charge on any atom is -0.361 e. The molecule has 6 heteroatoms. The van der Waals surface area contributed by atoms with Crippen LogP contribution in [0.4, 0.5) is 0 Å². The van der Waals surface area contributed by atoms with Gasteiger partial charge in [-0.15, -0.1) is 11.8 Å².